The second kappa shape index (κ2) is 9.00. The van der Waals surface area contributed by atoms with Gasteiger partial charge in [-0.1, -0.05) is 84.2 Å². The molecular weight excluding hydrogens is 516 g/mol. The van der Waals surface area contributed by atoms with Gasteiger partial charge >= 0.3 is 0 Å². The molecule has 1 saturated heterocycles. The summed E-state index contributed by atoms with van der Waals surface area (Å²) in [5.74, 6) is -2.03. The Morgan fingerprint density at radius 3 is 1.75 bits per heavy atom. The summed E-state index contributed by atoms with van der Waals surface area (Å²) >= 11 is 3.41. The maximum Gasteiger partial charge on any atom is 0.247 e. The van der Waals surface area contributed by atoms with Crippen molar-refractivity contribution in [1.82, 2.24) is 4.90 Å². The minimum Gasteiger partial charge on any atom is -0.324 e. The van der Waals surface area contributed by atoms with Gasteiger partial charge in [0.1, 0.15) is 6.04 Å². The molecule has 0 saturated carbocycles. The SMILES string of the molecule is CCCC[C@H](C(=O)Nc1ccc(Br)cc1)N1C(=O)[C@@H]2C3c4ccccc4C(c4ccccc43)[C@H]2C1=O. The van der Waals surface area contributed by atoms with Gasteiger partial charge in [0.2, 0.25) is 17.7 Å². The number of amides is 3. The van der Waals surface area contributed by atoms with Crippen molar-refractivity contribution in [3.63, 3.8) is 0 Å². The summed E-state index contributed by atoms with van der Waals surface area (Å²) in [6, 6.07) is 22.9. The van der Waals surface area contributed by atoms with Crippen LogP contribution in [-0.2, 0) is 14.4 Å². The van der Waals surface area contributed by atoms with E-state index in [4.69, 9.17) is 0 Å². The predicted octanol–water partition coefficient (Wildman–Crippen LogP) is 5.84. The van der Waals surface area contributed by atoms with Gasteiger partial charge < -0.3 is 5.32 Å². The number of carbonyl (C=O) groups excluding carboxylic acids is 3. The summed E-state index contributed by atoms with van der Waals surface area (Å²) in [6.07, 6.45) is 2.07. The van der Waals surface area contributed by atoms with E-state index in [0.717, 1.165) is 39.6 Å². The first-order valence-corrected chi connectivity index (χ1v) is 13.4. The molecule has 3 atom stereocenters. The molecule has 4 aliphatic rings. The van der Waals surface area contributed by atoms with Gasteiger partial charge in [-0.15, -0.1) is 0 Å². The van der Waals surface area contributed by atoms with Crippen molar-refractivity contribution in [2.45, 2.75) is 44.1 Å². The molecule has 0 spiro atoms. The minimum absolute atomic E-state index is 0.171. The summed E-state index contributed by atoms with van der Waals surface area (Å²) in [6.45, 7) is 2.05. The Labute approximate surface area is 219 Å². The van der Waals surface area contributed by atoms with E-state index in [1.165, 1.54) is 4.90 Å². The van der Waals surface area contributed by atoms with E-state index >= 15 is 0 Å². The number of hydrogen-bond acceptors (Lipinski definition) is 3. The molecule has 1 aliphatic heterocycles. The Kier molecular flexibility index (Phi) is 5.79. The van der Waals surface area contributed by atoms with Crippen LogP contribution in [0.3, 0.4) is 0 Å². The minimum atomic E-state index is -0.829. The van der Waals surface area contributed by atoms with Gasteiger partial charge in [-0.05, 0) is 52.9 Å². The number of rotatable bonds is 6. The Morgan fingerprint density at radius 2 is 1.31 bits per heavy atom. The second-order valence-electron chi connectivity index (χ2n) is 9.97. The number of imide groups is 1. The molecule has 5 nitrogen and oxygen atoms in total. The Balaban J connectivity index is 1.39. The van der Waals surface area contributed by atoms with Gasteiger partial charge in [0.15, 0.2) is 0 Å². The molecule has 3 aromatic rings. The highest BCUT2D eigenvalue weighted by atomic mass is 79.9. The van der Waals surface area contributed by atoms with Crippen molar-refractivity contribution in [3.05, 3.63) is 99.5 Å². The van der Waals surface area contributed by atoms with Gasteiger partial charge in [0.05, 0.1) is 11.8 Å². The van der Waals surface area contributed by atoms with Crippen LogP contribution in [0, 0.1) is 11.8 Å². The fourth-order valence-electron chi connectivity index (χ4n) is 6.54. The monoisotopic (exact) mass is 542 g/mol. The van der Waals surface area contributed by atoms with Gasteiger partial charge in [-0.2, -0.15) is 0 Å². The van der Waals surface area contributed by atoms with Crippen LogP contribution in [0.15, 0.2) is 77.3 Å². The highest BCUT2D eigenvalue weighted by molar-refractivity contribution is 9.10. The molecule has 1 fully saturated rings. The fraction of sp³-hybridized carbons (Fsp3) is 0.300. The number of nitrogens with one attached hydrogen (secondary N) is 1. The molecule has 1 N–H and O–H groups in total. The summed E-state index contributed by atoms with van der Waals surface area (Å²) in [5.41, 5.74) is 5.18. The second-order valence-corrected chi connectivity index (χ2v) is 10.9. The first-order valence-electron chi connectivity index (χ1n) is 12.6. The highest BCUT2D eigenvalue weighted by Crippen LogP contribution is 2.61. The number of unbranched alkanes of at least 4 members (excludes halogenated alkanes) is 1. The summed E-state index contributed by atoms with van der Waals surface area (Å²) in [4.78, 5) is 43.0. The molecule has 1 heterocycles. The van der Waals surface area contributed by atoms with Gasteiger partial charge in [0.25, 0.3) is 0 Å². The highest BCUT2D eigenvalue weighted by Gasteiger charge is 2.62. The standard InChI is InChI=1S/C30H27BrN2O3/c1-2-3-12-23(28(34)32-18-15-13-17(31)14-16-18)33-29(35)26-24-19-8-4-5-9-20(19)25(27(26)30(33)36)22-11-7-6-10-21(22)24/h4-11,13-16,23-27H,2-3,12H2,1H3,(H,32,34)/t23-,24?,25?,26-,27-/m1/s1. The van der Waals surface area contributed by atoms with Crippen LogP contribution < -0.4 is 5.32 Å². The zero-order chi connectivity index (χ0) is 25.0. The van der Waals surface area contributed by atoms with Crippen LogP contribution in [-0.4, -0.2) is 28.7 Å². The lowest BCUT2D eigenvalue weighted by atomic mass is 9.55. The van der Waals surface area contributed by atoms with Crippen molar-refractivity contribution in [1.29, 1.82) is 0 Å². The third kappa shape index (κ3) is 3.46. The van der Waals surface area contributed by atoms with E-state index in [-0.39, 0.29) is 29.6 Å². The van der Waals surface area contributed by atoms with E-state index in [1.54, 1.807) is 12.1 Å². The molecule has 0 radical (unpaired) electrons. The number of halogens is 1. The molecule has 7 rings (SSSR count). The maximum atomic E-state index is 14.1. The van der Waals surface area contributed by atoms with Crippen molar-refractivity contribution < 1.29 is 14.4 Å². The van der Waals surface area contributed by atoms with Crippen LogP contribution in [0.5, 0.6) is 0 Å². The number of hydrogen-bond donors (Lipinski definition) is 1. The zero-order valence-electron chi connectivity index (χ0n) is 20.0. The molecule has 36 heavy (non-hydrogen) atoms. The van der Waals surface area contributed by atoms with Crippen LogP contribution in [0.25, 0.3) is 0 Å². The lowest BCUT2D eigenvalue weighted by Crippen LogP contribution is -2.48. The molecule has 6 heteroatoms. The summed E-state index contributed by atoms with van der Waals surface area (Å²) < 4.78 is 0.909. The normalized spacial score (nSPS) is 24.2. The van der Waals surface area contributed by atoms with Crippen LogP contribution in [0.2, 0.25) is 0 Å². The van der Waals surface area contributed by atoms with Gasteiger partial charge in [0, 0.05) is 22.0 Å². The molecule has 3 amide bonds. The van der Waals surface area contributed by atoms with Crippen molar-refractivity contribution in [2.75, 3.05) is 5.32 Å². The molecule has 182 valence electrons. The lowest BCUT2D eigenvalue weighted by Gasteiger charge is -2.45. The Morgan fingerprint density at radius 1 is 0.833 bits per heavy atom. The van der Waals surface area contributed by atoms with Crippen LogP contribution >= 0.6 is 15.9 Å². The lowest BCUT2D eigenvalue weighted by molar-refractivity contribution is -0.147. The van der Waals surface area contributed by atoms with Gasteiger partial charge in [-0.3, -0.25) is 19.3 Å². The fourth-order valence-corrected chi connectivity index (χ4v) is 6.81. The number of benzene rings is 3. The van der Waals surface area contributed by atoms with E-state index in [0.29, 0.717) is 12.1 Å². The predicted molar refractivity (Wildman–Crippen MR) is 141 cm³/mol. The Bertz CT molecular complexity index is 1250. The first kappa shape index (κ1) is 23.2. The molecule has 0 unspecified atom stereocenters. The van der Waals surface area contributed by atoms with Crippen molar-refractivity contribution >= 4 is 39.3 Å². The van der Waals surface area contributed by atoms with Gasteiger partial charge in [-0.25, -0.2) is 0 Å². The summed E-state index contributed by atoms with van der Waals surface area (Å²) in [7, 11) is 0. The molecular formula is C30H27BrN2O3. The number of likely N-dealkylation sites (tertiary alicyclic amines) is 1. The zero-order valence-corrected chi connectivity index (χ0v) is 21.6. The number of carbonyl (C=O) groups is 3. The number of nitrogens with zero attached hydrogens (tertiary/aromatic N) is 1. The third-order valence-electron chi connectivity index (χ3n) is 8.04. The first-order chi connectivity index (χ1) is 17.5. The average molecular weight is 543 g/mol. The smallest absolute Gasteiger partial charge is 0.247 e. The Hall–Kier alpha value is -3.25. The average Bonchev–Trinajstić information content (AvgIpc) is 3.16. The van der Waals surface area contributed by atoms with E-state index in [1.807, 2.05) is 43.3 Å². The molecule has 0 aromatic heterocycles. The topological polar surface area (TPSA) is 66.5 Å². The quantitative estimate of drug-likeness (QED) is 0.398. The maximum absolute atomic E-state index is 14.1. The van der Waals surface area contributed by atoms with E-state index in [9.17, 15) is 14.4 Å². The van der Waals surface area contributed by atoms with E-state index < -0.39 is 17.9 Å². The van der Waals surface area contributed by atoms with Crippen molar-refractivity contribution in [3.8, 4) is 0 Å². The molecule has 3 aromatic carbocycles. The summed E-state index contributed by atoms with van der Waals surface area (Å²) in [5, 5.41) is 2.94. The van der Waals surface area contributed by atoms with Crippen LogP contribution in [0.4, 0.5) is 5.69 Å². The molecule has 2 bridgehead atoms. The van der Waals surface area contributed by atoms with E-state index in [2.05, 4.69) is 45.5 Å². The number of anilines is 1. The van der Waals surface area contributed by atoms with Crippen LogP contribution in [0.1, 0.15) is 60.3 Å². The van der Waals surface area contributed by atoms with Crippen molar-refractivity contribution in [2.24, 2.45) is 11.8 Å². The molecule has 3 aliphatic carbocycles. The third-order valence-corrected chi connectivity index (χ3v) is 8.57. The largest absolute Gasteiger partial charge is 0.324 e.